The maximum atomic E-state index is 12.7. The summed E-state index contributed by atoms with van der Waals surface area (Å²) in [6, 6.07) is 9.25. The van der Waals surface area contributed by atoms with Crippen molar-refractivity contribution in [3.05, 3.63) is 59.8 Å². The molecule has 1 atom stereocenters. The van der Waals surface area contributed by atoms with E-state index in [0.29, 0.717) is 6.42 Å². The third-order valence-electron chi connectivity index (χ3n) is 3.69. The van der Waals surface area contributed by atoms with Crippen molar-refractivity contribution in [3.63, 3.8) is 0 Å². The molecule has 0 saturated heterocycles. The van der Waals surface area contributed by atoms with Crippen LogP contribution in [0.5, 0.6) is 0 Å². The van der Waals surface area contributed by atoms with Crippen molar-refractivity contribution in [2.45, 2.75) is 18.6 Å². The molecule has 7 nitrogen and oxygen atoms in total. The zero-order chi connectivity index (χ0) is 19.8. The summed E-state index contributed by atoms with van der Waals surface area (Å²) in [6.45, 7) is 1.05. The van der Waals surface area contributed by atoms with Crippen LogP contribution in [0.1, 0.15) is 12.5 Å². The molecule has 0 aromatic heterocycles. The van der Waals surface area contributed by atoms with Crippen molar-refractivity contribution in [2.24, 2.45) is 0 Å². The van der Waals surface area contributed by atoms with E-state index in [2.05, 4.69) is 5.32 Å². The monoisotopic (exact) mass is 388 g/mol. The van der Waals surface area contributed by atoms with Gasteiger partial charge in [-0.25, -0.2) is 0 Å². The Morgan fingerprint density at radius 3 is 2.59 bits per heavy atom. The number of nitrogens with zero attached hydrogens (tertiary/aromatic N) is 1. The van der Waals surface area contributed by atoms with Crippen molar-refractivity contribution in [1.82, 2.24) is 10.2 Å². The van der Waals surface area contributed by atoms with E-state index < -0.39 is 29.6 Å². The first-order valence-electron chi connectivity index (χ1n) is 8.26. The number of allylic oxidation sites excluding steroid dienone is 2. The molecule has 1 heterocycles. The molecule has 8 heteroatoms. The molecular formula is C19H20N2O5S. The minimum Gasteiger partial charge on any atom is -0.480 e. The van der Waals surface area contributed by atoms with Gasteiger partial charge in [-0.05, 0) is 18.1 Å². The Bertz CT molecular complexity index is 789. The predicted molar refractivity (Wildman–Crippen MR) is 102 cm³/mol. The van der Waals surface area contributed by atoms with Crippen molar-refractivity contribution in [2.75, 3.05) is 13.1 Å². The van der Waals surface area contributed by atoms with Crippen LogP contribution in [-0.2, 0) is 25.6 Å². The second-order valence-corrected chi connectivity index (χ2v) is 7.24. The summed E-state index contributed by atoms with van der Waals surface area (Å²) in [6.07, 6.45) is 4.97. The first-order chi connectivity index (χ1) is 12.9. The fourth-order valence-electron chi connectivity index (χ4n) is 2.50. The van der Waals surface area contributed by atoms with Gasteiger partial charge in [-0.1, -0.05) is 54.2 Å². The number of aliphatic carboxylic acids is 1. The zero-order valence-corrected chi connectivity index (χ0v) is 15.6. The number of carbonyl (C=O) groups excluding carboxylic acids is 3. The zero-order valence-electron chi connectivity index (χ0n) is 14.8. The van der Waals surface area contributed by atoms with Gasteiger partial charge in [0.25, 0.3) is 5.91 Å². The topological polar surface area (TPSA) is 104 Å². The molecule has 0 saturated carbocycles. The van der Waals surface area contributed by atoms with Crippen molar-refractivity contribution >= 4 is 34.7 Å². The molecule has 142 valence electrons. The summed E-state index contributed by atoms with van der Waals surface area (Å²) < 4.78 is 0. The van der Waals surface area contributed by atoms with Crippen LogP contribution in [0.25, 0.3) is 0 Å². The molecule has 1 aliphatic rings. The van der Waals surface area contributed by atoms with E-state index in [1.807, 2.05) is 30.3 Å². The third kappa shape index (κ3) is 6.41. The average molecular weight is 388 g/mol. The van der Waals surface area contributed by atoms with Gasteiger partial charge >= 0.3 is 5.97 Å². The van der Waals surface area contributed by atoms with E-state index >= 15 is 0 Å². The molecule has 0 bridgehead atoms. The van der Waals surface area contributed by atoms with Gasteiger partial charge in [0, 0.05) is 13.5 Å². The molecule has 2 amide bonds. The van der Waals surface area contributed by atoms with Crippen molar-refractivity contribution < 1.29 is 24.3 Å². The van der Waals surface area contributed by atoms with Crippen LogP contribution in [0, 0.1) is 0 Å². The molecule has 27 heavy (non-hydrogen) atoms. The molecule has 2 rings (SSSR count). The van der Waals surface area contributed by atoms with Crippen LogP contribution < -0.4 is 5.32 Å². The molecule has 0 radical (unpaired) electrons. The fourth-order valence-corrected chi connectivity index (χ4v) is 3.34. The summed E-state index contributed by atoms with van der Waals surface area (Å²) >= 11 is 0.894. The number of hydrogen-bond acceptors (Lipinski definition) is 5. The predicted octanol–water partition coefficient (Wildman–Crippen LogP) is 1.36. The van der Waals surface area contributed by atoms with Gasteiger partial charge in [0.15, 0.2) is 5.12 Å². The number of amides is 2. The average Bonchev–Trinajstić information content (AvgIpc) is 2.77. The number of hydrogen-bond donors (Lipinski definition) is 2. The van der Waals surface area contributed by atoms with E-state index in [4.69, 9.17) is 5.11 Å². The number of carbonyl (C=O) groups is 4. The molecule has 0 spiro atoms. The Morgan fingerprint density at radius 2 is 1.96 bits per heavy atom. The summed E-state index contributed by atoms with van der Waals surface area (Å²) in [4.78, 5) is 48.8. The summed E-state index contributed by atoms with van der Waals surface area (Å²) in [7, 11) is 0. The van der Waals surface area contributed by atoms with Crippen molar-refractivity contribution in [1.29, 1.82) is 0 Å². The molecule has 0 fully saturated rings. The minimum absolute atomic E-state index is 0.0165. The number of nitrogens with one attached hydrogen (secondary N) is 1. The first-order valence-corrected chi connectivity index (χ1v) is 9.14. The second-order valence-electron chi connectivity index (χ2n) is 5.86. The van der Waals surface area contributed by atoms with Gasteiger partial charge in [0.1, 0.15) is 12.2 Å². The van der Waals surface area contributed by atoms with Crippen LogP contribution in [0.3, 0.4) is 0 Å². The van der Waals surface area contributed by atoms with Crippen LogP contribution >= 0.6 is 11.8 Å². The molecule has 0 aliphatic carbocycles. The lowest BCUT2D eigenvalue weighted by Gasteiger charge is -2.21. The first kappa shape index (κ1) is 20.4. The van der Waals surface area contributed by atoms with Gasteiger partial charge in [0.2, 0.25) is 5.91 Å². The molecule has 2 N–H and O–H groups in total. The smallest absolute Gasteiger partial charge is 0.323 e. The number of thioether (sulfide) groups is 1. The molecular weight excluding hydrogens is 368 g/mol. The number of carboxylic acid groups (broad SMARTS) is 1. The van der Waals surface area contributed by atoms with Gasteiger partial charge in [-0.2, -0.15) is 0 Å². The van der Waals surface area contributed by atoms with Crippen LogP contribution in [0.4, 0.5) is 0 Å². The van der Waals surface area contributed by atoms with E-state index in [0.717, 1.165) is 22.2 Å². The molecule has 1 aromatic rings. The SMILES string of the molecule is CC(=O)S[C@@H](Cc1ccccc1)C(=O)NC1=CC=CCN(CC(=O)O)C1=O. The Kier molecular flexibility index (Phi) is 7.36. The van der Waals surface area contributed by atoms with Crippen LogP contribution in [-0.4, -0.2) is 51.2 Å². The lowest BCUT2D eigenvalue weighted by atomic mass is 10.1. The largest absolute Gasteiger partial charge is 0.480 e. The lowest BCUT2D eigenvalue weighted by Crippen LogP contribution is -2.43. The Hall–Kier alpha value is -2.87. The van der Waals surface area contributed by atoms with Gasteiger partial charge in [0.05, 0.1) is 5.25 Å². The highest BCUT2D eigenvalue weighted by atomic mass is 32.2. The van der Waals surface area contributed by atoms with Gasteiger partial charge in [-0.15, -0.1) is 0 Å². The summed E-state index contributed by atoms with van der Waals surface area (Å²) in [5.74, 6) is -2.20. The Labute approximate surface area is 161 Å². The Morgan fingerprint density at radius 1 is 1.26 bits per heavy atom. The molecule has 1 aromatic carbocycles. The highest BCUT2D eigenvalue weighted by Crippen LogP contribution is 2.19. The van der Waals surface area contributed by atoms with E-state index in [9.17, 15) is 19.2 Å². The van der Waals surface area contributed by atoms with Crippen LogP contribution in [0.2, 0.25) is 0 Å². The standard InChI is InChI=1S/C19H20N2O5S/c1-13(22)27-16(11-14-7-3-2-4-8-14)18(25)20-15-9-5-6-10-21(19(15)26)12-17(23)24/h2-9,16H,10-12H2,1H3,(H,20,25)(H,23,24)/t16-/m0/s1. The second kappa shape index (κ2) is 9.72. The summed E-state index contributed by atoms with van der Waals surface area (Å²) in [5.41, 5.74) is 0.872. The number of carboxylic acids is 1. The quantitative estimate of drug-likeness (QED) is 0.731. The minimum atomic E-state index is -1.14. The molecule has 1 aliphatic heterocycles. The highest BCUT2D eigenvalue weighted by Gasteiger charge is 2.27. The number of rotatable bonds is 7. The highest BCUT2D eigenvalue weighted by molar-refractivity contribution is 8.14. The lowest BCUT2D eigenvalue weighted by molar-refractivity contribution is -0.142. The van der Waals surface area contributed by atoms with Crippen LogP contribution in [0.15, 0.2) is 54.3 Å². The maximum absolute atomic E-state index is 12.7. The van der Waals surface area contributed by atoms with Gasteiger partial charge < -0.3 is 15.3 Å². The summed E-state index contributed by atoms with van der Waals surface area (Å²) in [5, 5.41) is 10.6. The van der Waals surface area contributed by atoms with Gasteiger partial charge in [-0.3, -0.25) is 19.2 Å². The van der Waals surface area contributed by atoms with E-state index in [1.54, 1.807) is 12.2 Å². The van der Waals surface area contributed by atoms with E-state index in [-0.39, 0.29) is 17.4 Å². The van der Waals surface area contributed by atoms with E-state index in [1.165, 1.54) is 13.0 Å². The van der Waals surface area contributed by atoms with Crippen molar-refractivity contribution in [3.8, 4) is 0 Å². The third-order valence-corrected chi connectivity index (χ3v) is 4.69. The maximum Gasteiger partial charge on any atom is 0.323 e. The normalized spacial score (nSPS) is 14.9. The Balaban J connectivity index is 2.13. The molecule has 0 unspecified atom stereocenters. The fraction of sp³-hybridized carbons (Fsp3) is 0.263. The number of benzene rings is 1.